The fourth-order valence-electron chi connectivity index (χ4n) is 0.468. The first-order valence-corrected chi connectivity index (χ1v) is 4.44. The summed E-state index contributed by atoms with van der Waals surface area (Å²) < 4.78 is 0. The summed E-state index contributed by atoms with van der Waals surface area (Å²) in [6.07, 6.45) is 2.09. The molecule has 3 heteroatoms. The smallest absolute Gasteiger partial charge is 0.0555 e. The summed E-state index contributed by atoms with van der Waals surface area (Å²) in [7, 11) is 0. The summed E-state index contributed by atoms with van der Waals surface area (Å²) in [6, 6.07) is 0. The molecule has 0 aromatic heterocycles. The van der Waals surface area contributed by atoms with E-state index < -0.39 is 0 Å². The van der Waals surface area contributed by atoms with Gasteiger partial charge in [0.15, 0.2) is 0 Å². The van der Waals surface area contributed by atoms with E-state index >= 15 is 0 Å². The van der Waals surface area contributed by atoms with E-state index in [1.807, 2.05) is 11.8 Å². The lowest BCUT2D eigenvalue weighted by Crippen LogP contribution is -2.25. The summed E-state index contributed by atoms with van der Waals surface area (Å²) in [5.74, 6) is 0. The van der Waals surface area contributed by atoms with Crippen LogP contribution in [0.4, 0.5) is 0 Å². The lowest BCUT2D eigenvalue weighted by Gasteiger charge is -2.07. The van der Waals surface area contributed by atoms with Crippen molar-refractivity contribution in [3.63, 3.8) is 0 Å². The van der Waals surface area contributed by atoms with Gasteiger partial charge in [0.25, 0.3) is 0 Å². The Hall–Kier alpha value is 0.270. The van der Waals surface area contributed by atoms with E-state index in [0.29, 0.717) is 11.8 Å². The summed E-state index contributed by atoms with van der Waals surface area (Å²) in [4.78, 5) is 0. The molecule has 9 heavy (non-hydrogen) atoms. The van der Waals surface area contributed by atoms with Gasteiger partial charge >= 0.3 is 0 Å². The van der Waals surface area contributed by atoms with Crippen LogP contribution in [0.1, 0.15) is 6.92 Å². The Kier molecular flexibility index (Phi) is 6.58. The molecule has 0 rings (SSSR count). The van der Waals surface area contributed by atoms with E-state index in [1.165, 1.54) is 0 Å². The van der Waals surface area contributed by atoms with Crippen LogP contribution in [0.2, 0.25) is 0 Å². The van der Waals surface area contributed by atoms with E-state index in [9.17, 15) is 0 Å². The van der Waals surface area contributed by atoms with Gasteiger partial charge in [0, 0.05) is 18.3 Å². The predicted octanol–water partition coefficient (Wildman–Crippen LogP) is 0.320. The molecular formula is C6H15NOS. The molecule has 0 saturated carbocycles. The Labute approximate surface area is 61.0 Å². The summed E-state index contributed by atoms with van der Waals surface area (Å²) in [5.41, 5.74) is 0. The Morgan fingerprint density at radius 1 is 1.67 bits per heavy atom. The molecule has 56 valence electrons. The molecule has 1 atom stereocenters. The van der Waals surface area contributed by atoms with Gasteiger partial charge in [0.05, 0.1) is 6.61 Å². The highest BCUT2D eigenvalue weighted by Crippen LogP contribution is 2.01. The van der Waals surface area contributed by atoms with Crippen molar-refractivity contribution in [3.8, 4) is 0 Å². The third-order valence-electron chi connectivity index (χ3n) is 1.12. The predicted molar refractivity (Wildman–Crippen MR) is 42.9 cm³/mol. The summed E-state index contributed by atoms with van der Waals surface area (Å²) in [5, 5.41) is 12.1. The van der Waals surface area contributed by atoms with Gasteiger partial charge < -0.3 is 10.4 Å². The lowest BCUT2D eigenvalue weighted by atomic mass is 10.4. The van der Waals surface area contributed by atoms with Crippen LogP contribution in [0.25, 0.3) is 0 Å². The molecule has 0 aliphatic heterocycles. The lowest BCUT2D eigenvalue weighted by molar-refractivity contribution is 0.293. The maximum Gasteiger partial charge on any atom is 0.0555 e. The van der Waals surface area contributed by atoms with Gasteiger partial charge in [-0.2, -0.15) is 11.8 Å². The highest BCUT2D eigenvalue weighted by atomic mass is 32.2. The molecule has 2 N–H and O–H groups in total. The van der Waals surface area contributed by atoms with E-state index in [-0.39, 0.29) is 6.61 Å². The number of nitrogens with one attached hydrogen (secondary N) is 1. The van der Waals surface area contributed by atoms with Gasteiger partial charge in [-0.3, -0.25) is 0 Å². The molecule has 0 aromatic carbocycles. The van der Waals surface area contributed by atoms with Crippen molar-refractivity contribution < 1.29 is 5.11 Å². The largest absolute Gasteiger partial charge is 0.395 e. The van der Waals surface area contributed by atoms with Crippen LogP contribution < -0.4 is 5.32 Å². The average molecular weight is 149 g/mol. The summed E-state index contributed by atoms with van der Waals surface area (Å²) in [6.45, 7) is 4.10. The second kappa shape index (κ2) is 6.39. The zero-order valence-electron chi connectivity index (χ0n) is 6.05. The highest BCUT2D eigenvalue weighted by Gasteiger charge is 1.95. The van der Waals surface area contributed by atoms with Gasteiger partial charge in [-0.05, 0) is 6.26 Å². The van der Waals surface area contributed by atoms with Crippen LogP contribution in [0.5, 0.6) is 0 Å². The van der Waals surface area contributed by atoms with Crippen LogP contribution in [0.3, 0.4) is 0 Å². The normalized spacial score (nSPS) is 13.7. The molecule has 0 fully saturated rings. The van der Waals surface area contributed by atoms with Gasteiger partial charge in [0.2, 0.25) is 0 Å². The molecule has 2 nitrogen and oxygen atoms in total. The zero-order valence-corrected chi connectivity index (χ0v) is 6.87. The second-order valence-corrected chi connectivity index (χ2v) is 3.25. The third-order valence-corrected chi connectivity index (χ3v) is 2.09. The van der Waals surface area contributed by atoms with Gasteiger partial charge in [-0.25, -0.2) is 0 Å². The average Bonchev–Trinajstić information content (AvgIpc) is 1.89. The fraction of sp³-hybridized carbons (Fsp3) is 1.00. The first kappa shape index (κ1) is 9.27. The van der Waals surface area contributed by atoms with Crippen molar-refractivity contribution in [2.75, 3.05) is 26.0 Å². The van der Waals surface area contributed by atoms with Crippen molar-refractivity contribution in [1.82, 2.24) is 5.32 Å². The Morgan fingerprint density at radius 3 is 2.78 bits per heavy atom. The molecule has 0 radical (unpaired) electrons. The zero-order chi connectivity index (χ0) is 7.11. The third kappa shape index (κ3) is 6.15. The number of thioether (sulfide) groups is 1. The Morgan fingerprint density at radius 2 is 2.33 bits per heavy atom. The molecule has 0 bridgehead atoms. The summed E-state index contributed by atoms with van der Waals surface area (Å²) >= 11 is 1.83. The van der Waals surface area contributed by atoms with Gasteiger partial charge in [-0.15, -0.1) is 0 Å². The number of hydrogen-bond donors (Lipinski definition) is 2. The number of aliphatic hydroxyl groups excluding tert-OH is 1. The van der Waals surface area contributed by atoms with Crippen molar-refractivity contribution in [2.45, 2.75) is 12.2 Å². The van der Waals surface area contributed by atoms with Crippen LogP contribution in [-0.2, 0) is 0 Å². The topological polar surface area (TPSA) is 32.3 Å². The van der Waals surface area contributed by atoms with Crippen LogP contribution in [-0.4, -0.2) is 36.3 Å². The molecule has 0 aliphatic carbocycles. The molecule has 0 spiro atoms. The van der Waals surface area contributed by atoms with E-state index in [4.69, 9.17) is 5.11 Å². The van der Waals surface area contributed by atoms with Gasteiger partial charge in [0.1, 0.15) is 0 Å². The first-order valence-electron chi connectivity index (χ1n) is 3.15. The minimum Gasteiger partial charge on any atom is -0.395 e. The quantitative estimate of drug-likeness (QED) is 0.552. The standard InChI is InChI=1S/C6H15NOS/c1-6(9-2)5-7-3-4-8/h6-8H,3-5H2,1-2H3. The molecular weight excluding hydrogens is 134 g/mol. The second-order valence-electron chi connectivity index (χ2n) is 1.97. The van der Waals surface area contributed by atoms with Crippen LogP contribution in [0, 0.1) is 0 Å². The Bertz CT molecular complexity index is 61.0. The highest BCUT2D eigenvalue weighted by molar-refractivity contribution is 7.99. The maximum absolute atomic E-state index is 8.38. The molecule has 0 aromatic rings. The van der Waals surface area contributed by atoms with Crippen molar-refractivity contribution in [2.24, 2.45) is 0 Å². The van der Waals surface area contributed by atoms with Crippen LogP contribution in [0.15, 0.2) is 0 Å². The fourth-order valence-corrected chi connectivity index (χ4v) is 0.752. The van der Waals surface area contributed by atoms with E-state index in [1.54, 1.807) is 0 Å². The Balaban J connectivity index is 2.88. The number of aliphatic hydroxyl groups is 1. The van der Waals surface area contributed by atoms with Crippen molar-refractivity contribution >= 4 is 11.8 Å². The van der Waals surface area contributed by atoms with Gasteiger partial charge in [-0.1, -0.05) is 6.92 Å². The van der Waals surface area contributed by atoms with Crippen molar-refractivity contribution in [1.29, 1.82) is 0 Å². The minimum atomic E-state index is 0.237. The van der Waals surface area contributed by atoms with Crippen LogP contribution >= 0.6 is 11.8 Å². The van der Waals surface area contributed by atoms with Crippen molar-refractivity contribution in [3.05, 3.63) is 0 Å². The van der Waals surface area contributed by atoms with E-state index in [2.05, 4.69) is 18.5 Å². The molecule has 0 amide bonds. The molecule has 0 heterocycles. The monoisotopic (exact) mass is 149 g/mol. The minimum absolute atomic E-state index is 0.237. The number of rotatable bonds is 5. The molecule has 0 aliphatic rings. The maximum atomic E-state index is 8.38. The SMILES string of the molecule is CSC(C)CNCCO. The number of hydrogen-bond acceptors (Lipinski definition) is 3. The molecule has 1 unspecified atom stereocenters. The molecule has 0 saturated heterocycles. The van der Waals surface area contributed by atoms with E-state index in [0.717, 1.165) is 6.54 Å². The first-order chi connectivity index (χ1) is 4.31.